The number of benzene rings is 2. The van der Waals surface area contributed by atoms with Crippen LogP contribution in [0.3, 0.4) is 0 Å². The Morgan fingerprint density at radius 3 is 2.50 bits per heavy atom. The maximum atomic E-state index is 12.1. The normalized spacial score (nSPS) is 11.6. The minimum atomic E-state index is -3.75. The van der Waals surface area contributed by atoms with Crippen molar-refractivity contribution in [2.75, 3.05) is 10.5 Å². The predicted octanol–water partition coefficient (Wildman–Crippen LogP) is 2.07. The number of hydrogen-bond acceptors (Lipinski definition) is 6. The van der Waals surface area contributed by atoms with Crippen molar-refractivity contribution in [2.45, 2.75) is 4.34 Å². The molecule has 6 nitrogen and oxygen atoms in total. The second kappa shape index (κ2) is 4.73. The van der Waals surface area contributed by atoms with Crippen LogP contribution >= 0.6 is 11.3 Å². The van der Waals surface area contributed by atoms with Gasteiger partial charge in [0, 0.05) is 5.69 Å². The summed E-state index contributed by atoms with van der Waals surface area (Å²) in [5.41, 5.74) is 5.87. The maximum absolute atomic E-state index is 12.1. The molecule has 1 aromatic heterocycles. The molecule has 0 aliphatic carbocycles. The minimum absolute atomic E-state index is 0.115. The van der Waals surface area contributed by atoms with Gasteiger partial charge in [0.1, 0.15) is 0 Å². The maximum Gasteiger partial charge on any atom is 0.291 e. The van der Waals surface area contributed by atoms with Crippen molar-refractivity contribution < 1.29 is 8.42 Å². The van der Waals surface area contributed by atoms with E-state index < -0.39 is 10.0 Å². The van der Waals surface area contributed by atoms with E-state index in [1.807, 2.05) is 30.3 Å². The Morgan fingerprint density at radius 2 is 1.80 bits per heavy atom. The van der Waals surface area contributed by atoms with Gasteiger partial charge >= 0.3 is 0 Å². The van der Waals surface area contributed by atoms with Gasteiger partial charge in [0.05, 0.1) is 0 Å². The van der Waals surface area contributed by atoms with E-state index in [1.54, 1.807) is 12.1 Å². The molecular weight excluding hydrogens is 296 g/mol. The Morgan fingerprint density at radius 1 is 1.05 bits per heavy atom. The third-order valence-electron chi connectivity index (χ3n) is 2.65. The van der Waals surface area contributed by atoms with Crippen molar-refractivity contribution in [1.29, 1.82) is 0 Å². The lowest BCUT2D eigenvalue weighted by Crippen LogP contribution is -2.12. The Bertz CT molecular complexity index is 874. The molecule has 20 heavy (non-hydrogen) atoms. The molecule has 1 heterocycles. The number of aromatic nitrogens is 2. The van der Waals surface area contributed by atoms with Crippen molar-refractivity contribution >= 4 is 43.0 Å². The van der Waals surface area contributed by atoms with Gasteiger partial charge < -0.3 is 5.73 Å². The minimum Gasteiger partial charge on any atom is -0.374 e. The van der Waals surface area contributed by atoms with Crippen LogP contribution in [0.2, 0.25) is 0 Å². The van der Waals surface area contributed by atoms with Crippen molar-refractivity contribution in [3.05, 3.63) is 42.5 Å². The van der Waals surface area contributed by atoms with Gasteiger partial charge in [-0.15, -0.1) is 10.2 Å². The van der Waals surface area contributed by atoms with Crippen molar-refractivity contribution in [2.24, 2.45) is 0 Å². The fraction of sp³-hybridized carbons (Fsp3) is 0. The summed E-state index contributed by atoms with van der Waals surface area (Å²) in [5, 5.41) is 9.14. The van der Waals surface area contributed by atoms with Crippen LogP contribution in [0.1, 0.15) is 0 Å². The van der Waals surface area contributed by atoms with Crippen LogP contribution in [0.15, 0.2) is 46.8 Å². The zero-order valence-corrected chi connectivity index (χ0v) is 11.8. The molecule has 8 heteroatoms. The second-order valence-electron chi connectivity index (χ2n) is 4.07. The molecule has 0 spiro atoms. The lowest BCUT2D eigenvalue weighted by Gasteiger charge is -2.06. The number of hydrogen-bond donors (Lipinski definition) is 2. The number of rotatable bonds is 3. The third-order valence-corrected chi connectivity index (χ3v) is 5.15. The van der Waals surface area contributed by atoms with E-state index >= 15 is 0 Å². The van der Waals surface area contributed by atoms with Crippen molar-refractivity contribution in [1.82, 2.24) is 10.2 Å². The number of nitrogens with two attached hydrogens (primary N) is 1. The molecule has 0 aliphatic heterocycles. The van der Waals surface area contributed by atoms with Crippen LogP contribution < -0.4 is 10.5 Å². The quantitative estimate of drug-likeness (QED) is 0.772. The number of nitrogen functional groups attached to an aromatic ring is 1. The van der Waals surface area contributed by atoms with E-state index in [-0.39, 0.29) is 9.47 Å². The lowest BCUT2D eigenvalue weighted by atomic mass is 10.1. The highest BCUT2D eigenvalue weighted by Crippen LogP contribution is 2.23. The molecule has 3 aromatic rings. The third kappa shape index (κ3) is 2.43. The number of sulfonamides is 1. The molecule has 0 amide bonds. The Labute approximate surface area is 119 Å². The van der Waals surface area contributed by atoms with Gasteiger partial charge in [-0.2, -0.15) is 8.42 Å². The topological polar surface area (TPSA) is 98.0 Å². The van der Waals surface area contributed by atoms with Gasteiger partial charge in [0.2, 0.25) is 5.13 Å². The Kier molecular flexibility index (Phi) is 3.03. The predicted molar refractivity (Wildman–Crippen MR) is 79.1 cm³/mol. The number of nitrogens with one attached hydrogen (secondary N) is 1. The summed E-state index contributed by atoms with van der Waals surface area (Å²) in [5.74, 6) is 0. The van der Waals surface area contributed by atoms with Gasteiger partial charge in [-0.1, -0.05) is 41.7 Å². The highest BCUT2D eigenvalue weighted by atomic mass is 32.2. The summed E-state index contributed by atoms with van der Waals surface area (Å²) in [6.07, 6.45) is 0. The molecule has 2 aromatic carbocycles. The summed E-state index contributed by atoms with van der Waals surface area (Å²) in [6.45, 7) is 0. The first-order valence-electron chi connectivity index (χ1n) is 5.65. The van der Waals surface area contributed by atoms with E-state index in [0.717, 1.165) is 22.1 Å². The zero-order valence-electron chi connectivity index (χ0n) is 10.1. The molecule has 0 bridgehead atoms. The average molecular weight is 306 g/mol. The Hall–Kier alpha value is -2.19. The van der Waals surface area contributed by atoms with Gasteiger partial charge in [-0.3, -0.25) is 4.72 Å². The monoisotopic (exact) mass is 306 g/mol. The Balaban J connectivity index is 1.96. The molecule has 0 radical (unpaired) electrons. The fourth-order valence-corrected chi connectivity index (χ4v) is 3.62. The van der Waals surface area contributed by atoms with Gasteiger partial charge in [0.15, 0.2) is 0 Å². The van der Waals surface area contributed by atoms with E-state index in [0.29, 0.717) is 5.69 Å². The summed E-state index contributed by atoms with van der Waals surface area (Å²) in [6, 6.07) is 13.0. The SMILES string of the molecule is Nc1nnc(S(=O)(=O)Nc2ccc3ccccc3c2)s1. The van der Waals surface area contributed by atoms with Crippen LogP contribution in [-0.2, 0) is 10.0 Å². The molecule has 3 rings (SSSR count). The molecule has 0 fully saturated rings. The van der Waals surface area contributed by atoms with Crippen LogP contribution in [0.5, 0.6) is 0 Å². The van der Waals surface area contributed by atoms with Gasteiger partial charge in [-0.25, -0.2) is 0 Å². The van der Waals surface area contributed by atoms with E-state index in [4.69, 9.17) is 5.73 Å². The van der Waals surface area contributed by atoms with Crippen molar-refractivity contribution in [3.63, 3.8) is 0 Å². The summed E-state index contributed by atoms with van der Waals surface area (Å²) >= 11 is 0.823. The van der Waals surface area contributed by atoms with Crippen LogP contribution in [0.4, 0.5) is 10.8 Å². The summed E-state index contributed by atoms with van der Waals surface area (Å²) in [4.78, 5) is 0. The molecule has 0 aliphatic rings. The average Bonchev–Trinajstić information content (AvgIpc) is 2.86. The number of anilines is 2. The standard InChI is InChI=1S/C12H10N4O2S2/c13-11-14-15-12(19-11)20(17,18)16-10-6-5-8-3-1-2-4-9(8)7-10/h1-7,16H,(H2,13,14). The molecule has 0 atom stereocenters. The second-order valence-corrected chi connectivity index (χ2v) is 6.94. The first-order valence-corrected chi connectivity index (χ1v) is 7.95. The number of nitrogens with zero attached hydrogens (tertiary/aromatic N) is 2. The van der Waals surface area contributed by atoms with E-state index in [9.17, 15) is 8.42 Å². The number of fused-ring (bicyclic) bond motifs is 1. The van der Waals surface area contributed by atoms with Crippen LogP contribution in [0.25, 0.3) is 10.8 Å². The molecule has 0 unspecified atom stereocenters. The smallest absolute Gasteiger partial charge is 0.291 e. The summed E-state index contributed by atoms with van der Waals surface area (Å²) in [7, 11) is -3.75. The fourth-order valence-electron chi connectivity index (χ4n) is 1.78. The molecule has 0 saturated heterocycles. The van der Waals surface area contributed by atoms with E-state index in [1.165, 1.54) is 0 Å². The molecule has 0 saturated carbocycles. The van der Waals surface area contributed by atoms with E-state index in [2.05, 4.69) is 14.9 Å². The zero-order chi connectivity index (χ0) is 14.2. The van der Waals surface area contributed by atoms with Gasteiger partial charge in [-0.05, 0) is 22.9 Å². The lowest BCUT2D eigenvalue weighted by molar-refractivity contribution is 0.599. The first-order chi connectivity index (χ1) is 9.54. The van der Waals surface area contributed by atoms with Crippen LogP contribution in [0, 0.1) is 0 Å². The van der Waals surface area contributed by atoms with Crippen molar-refractivity contribution in [3.8, 4) is 0 Å². The summed E-state index contributed by atoms with van der Waals surface area (Å²) < 4.78 is 26.5. The highest BCUT2D eigenvalue weighted by molar-refractivity contribution is 7.94. The first kappa shape index (κ1) is 12.8. The molecule has 3 N–H and O–H groups in total. The van der Waals surface area contributed by atoms with Crippen LogP contribution in [-0.4, -0.2) is 18.6 Å². The van der Waals surface area contributed by atoms with Gasteiger partial charge in [0.25, 0.3) is 14.4 Å². The largest absolute Gasteiger partial charge is 0.374 e. The molecular formula is C12H10N4O2S2. The highest BCUT2D eigenvalue weighted by Gasteiger charge is 2.19. The molecule has 102 valence electrons.